The topological polar surface area (TPSA) is 130 Å². The van der Waals surface area contributed by atoms with Crippen LogP contribution in [-0.2, 0) is 14.9 Å². The molecule has 0 bridgehead atoms. The summed E-state index contributed by atoms with van der Waals surface area (Å²) in [5, 5.41) is 16.9. The van der Waals surface area contributed by atoms with E-state index >= 15 is 4.39 Å². The Morgan fingerprint density at radius 3 is 2.88 bits per heavy atom. The molecule has 2 aromatic rings. The third-order valence-electron chi connectivity index (χ3n) is 6.98. The molecule has 1 aliphatic carbocycles. The van der Waals surface area contributed by atoms with Gasteiger partial charge in [-0.15, -0.1) is 0 Å². The number of cyclic esters (lactones) is 1. The Hall–Kier alpha value is -3.67. The Morgan fingerprint density at radius 1 is 1.41 bits per heavy atom. The number of hydrogen-bond acceptors (Lipinski definition) is 8. The number of carbonyl (C=O) groups is 2. The van der Waals surface area contributed by atoms with Crippen LogP contribution >= 0.6 is 0 Å². The van der Waals surface area contributed by atoms with Crippen molar-refractivity contribution >= 4 is 29.5 Å². The molecule has 34 heavy (non-hydrogen) atoms. The van der Waals surface area contributed by atoms with Gasteiger partial charge in [0.15, 0.2) is 0 Å². The predicted octanol–water partition coefficient (Wildman–Crippen LogP) is 1.76. The molecule has 4 atom stereocenters. The van der Waals surface area contributed by atoms with Crippen LogP contribution in [0.4, 0.5) is 26.6 Å². The van der Waals surface area contributed by atoms with Crippen LogP contribution in [0.5, 0.6) is 0 Å². The van der Waals surface area contributed by atoms with E-state index in [4.69, 9.17) is 9.15 Å². The van der Waals surface area contributed by atoms with Crippen molar-refractivity contribution in [3.05, 3.63) is 51.8 Å². The molecule has 180 valence electrons. The van der Waals surface area contributed by atoms with Crippen molar-refractivity contribution in [3.63, 3.8) is 0 Å². The molecule has 2 aliphatic heterocycles. The number of piperidine rings is 1. The first-order chi connectivity index (χ1) is 16.2. The van der Waals surface area contributed by atoms with Gasteiger partial charge >= 0.3 is 12.0 Å². The van der Waals surface area contributed by atoms with E-state index in [0.29, 0.717) is 30.2 Å². The number of amides is 2. The molecule has 2 amide bonds. The van der Waals surface area contributed by atoms with Crippen LogP contribution in [0.1, 0.15) is 12.5 Å². The van der Waals surface area contributed by atoms with Crippen molar-refractivity contribution in [2.45, 2.75) is 24.5 Å². The van der Waals surface area contributed by atoms with Crippen molar-refractivity contribution in [2.24, 2.45) is 5.92 Å². The number of hydrogen-bond donors (Lipinski definition) is 2. The number of nitrogens with one attached hydrogen (secondary N) is 2. The van der Waals surface area contributed by atoms with E-state index in [-0.39, 0.29) is 36.8 Å². The molecule has 1 aromatic heterocycles. The number of nitro groups is 1. The van der Waals surface area contributed by atoms with Gasteiger partial charge in [0.2, 0.25) is 11.8 Å². The molecule has 0 radical (unpaired) electrons. The van der Waals surface area contributed by atoms with Crippen molar-refractivity contribution in [1.82, 2.24) is 10.6 Å². The van der Waals surface area contributed by atoms with E-state index in [9.17, 15) is 19.7 Å². The number of ether oxygens (including phenoxy) is 1. The Labute approximate surface area is 194 Å². The first-order valence-corrected chi connectivity index (χ1v) is 10.9. The molecule has 2 N–H and O–H groups in total. The Balaban J connectivity index is 1.36. The largest absolute Gasteiger partial charge is 0.442 e. The Bertz CT molecular complexity index is 1170. The smallest absolute Gasteiger partial charge is 0.434 e. The van der Waals surface area contributed by atoms with Gasteiger partial charge in [-0.3, -0.25) is 19.8 Å². The molecular weight excluding hydrogens is 449 g/mol. The fourth-order valence-electron chi connectivity index (χ4n) is 5.42. The van der Waals surface area contributed by atoms with E-state index < -0.39 is 28.4 Å². The van der Waals surface area contributed by atoms with E-state index in [2.05, 4.69) is 10.6 Å². The number of likely N-dealkylation sites (N-methyl/N-ethyl adjacent to an activating group) is 1. The number of carbonyl (C=O) groups excluding carboxylic acids is 2. The van der Waals surface area contributed by atoms with Crippen LogP contribution in [0, 0.1) is 21.8 Å². The average Bonchev–Trinajstić information content (AvgIpc) is 3.26. The summed E-state index contributed by atoms with van der Waals surface area (Å²) < 4.78 is 26.1. The number of benzene rings is 1. The summed E-state index contributed by atoms with van der Waals surface area (Å²) in [5.41, 5.74) is 0.382. The molecule has 3 unspecified atom stereocenters. The van der Waals surface area contributed by atoms with Crippen molar-refractivity contribution in [2.75, 3.05) is 43.0 Å². The average molecular weight is 473 g/mol. The maximum absolute atomic E-state index is 15.5. The summed E-state index contributed by atoms with van der Waals surface area (Å²) in [7, 11) is 1.79. The van der Waals surface area contributed by atoms with Gasteiger partial charge in [-0.1, -0.05) is 6.07 Å². The lowest BCUT2D eigenvalue weighted by atomic mass is 9.93. The first-order valence-electron chi connectivity index (χ1n) is 10.9. The molecule has 3 heterocycles. The van der Waals surface area contributed by atoms with Gasteiger partial charge in [0.25, 0.3) is 0 Å². The molecule has 0 spiro atoms. The molecule has 3 aliphatic rings. The number of furan rings is 1. The molecule has 1 saturated carbocycles. The molecule has 11 nitrogen and oxygen atoms in total. The fourth-order valence-corrected chi connectivity index (χ4v) is 5.42. The standard InChI is InChI=1S/C22H24FN5O6/c1-12(29)25-8-14-10-27(21(30)33-14)13-3-4-15(17(23)7-13)22-11-24-9-16(22)20(22)26(2)18-5-6-19(34-18)28(31)32/h3-7,14,16,20,24H,8-11H2,1-2H3,(H,25,29)/t14-,16?,20?,22?/m0/s1. The minimum atomic E-state index is -0.593. The maximum atomic E-state index is 15.5. The molecular formula is C22H24FN5O6. The Morgan fingerprint density at radius 2 is 2.21 bits per heavy atom. The number of rotatable bonds is 7. The highest BCUT2D eigenvalue weighted by Crippen LogP contribution is 2.60. The second-order valence-corrected chi connectivity index (χ2v) is 8.92. The highest BCUT2D eigenvalue weighted by molar-refractivity contribution is 5.90. The Kier molecular flexibility index (Phi) is 5.19. The van der Waals surface area contributed by atoms with E-state index in [1.54, 1.807) is 25.2 Å². The van der Waals surface area contributed by atoms with Crippen molar-refractivity contribution < 1.29 is 28.1 Å². The van der Waals surface area contributed by atoms with Gasteiger partial charge in [0, 0.05) is 50.5 Å². The summed E-state index contributed by atoms with van der Waals surface area (Å²) >= 11 is 0. The molecule has 2 saturated heterocycles. The van der Waals surface area contributed by atoms with Gasteiger partial charge < -0.3 is 24.7 Å². The van der Waals surface area contributed by atoms with Crippen molar-refractivity contribution in [3.8, 4) is 0 Å². The SMILES string of the molecule is CC(=O)NC[C@H]1CN(c2ccc(C34CNCC3C4N(C)c3ccc([N+](=O)[O-])o3)c(F)c2)C(=O)O1. The normalized spacial score (nSPS) is 27.3. The van der Waals surface area contributed by atoms with Crippen LogP contribution in [-0.4, -0.2) is 62.3 Å². The van der Waals surface area contributed by atoms with Crippen LogP contribution < -0.4 is 20.4 Å². The zero-order chi connectivity index (χ0) is 24.2. The molecule has 1 aromatic carbocycles. The van der Waals surface area contributed by atoms with E-state index in [1.165, 1.54) is 24.0 Å². The maximum Gasteiger partial charge on any atom is 0.434 e. The van der Waals surface area contributed by atoms with Gasteiger partial charge in [0.1, 0.15) is 16.8 Å². The number of nitrogens with zero attached hydrogens (tertiary/aromatic N) is 3. The molecule has 3 fully saturated rings. The molecule has 12 heteroatoms. The summed E-state index contributed by atoms with van der Waals surface area (Å²) in [6.45, 7) is 3.00. The second kappa shape index (κ2) is 7.97. The minimum Gasteiger partial charge on any atom is -0.442 e. The molecule has 5 rings (SSSR count). The lowest BCUT2D eigenvalue weighted by Crippen LogP contribution is -2.35. The van der Waals surface area contributed by atoms with Crippen molar-refractivity contribution in [1.29, 1.82) is 0 Å². The van der Waals surface area contributed by atoms with Gasteiger partial charge in [0.05, 0.1) is 24.8 Å². The minimum absolute atomic E-state index is 0.0980. The number of halogens is 1. The van der Waals surface area contributed by atoms with Crippen LogP contribution in [0.3, 0.4) is 0 Å². The van der Waals surface area contributed by atoms with Gasteiger partial charge in [-0.25, -0.2) is 9.18 Å². The lowest BCUT2D eigenvalue weighted by molar-refractivity contribution is -0.401. The summed E-state index contributed by atoms with van der Waals surface area (Å²) in [4.78, 5) is 37.0. The quantitative estimate of drug-likeness (QED) is 0.460. The van der Waals surface area contributed by atoms with Crippen LogP contribution in [0.15, 0.2) is 34.7 Å². The summed E-state index contributed by atoms with van der Waals surface area (Å²) in [5.74, 6) is -0.555. The third-order valence-corrected chi connectivity index (χ3v) is 6.98. The third kappa shape index (κ3) is 3.45. The van der Waals surface area contributed by atoms with Gasteiger partial charge in [-0.05, 0) is 17.7 Å². The van der Waals surface area contributed by atoms with Gasteiger partial charge in [-0.2, -0.15) is 0 Å². The first kappa shape index (κ1) is 22.1. The highest BCUT2D eigenvalue weighted by atomic mass is 19.1. The monoisotopic (exact) mass is 473 g/mol. The lowest BCUT2D eigenvalue weighted by Gasteiger charge is -2.24. The predicted molar refractivity (Wildman–Crippen MR) is 118 cm³/mol. The second-order valence-electron chi connectivity index (χ2n) is 8.92. The number of fused-ring (bicyclic) bond motifs is 1. The summed E-state index contributed by atoms with van der Waals surface area (Å²) in [6, 6.07) is 7.46. The van der Waals surface area contributed by atoms with Crippen LogP contribution in [0.2, 0.25) is 0 Å². The van der Waals surface area contributed by atoms with E-state index in [1.807, 2.05) is 4.90 Å². The zero-order valence-corrected chi connectivity index (χ0v) is 18.6. The van der Waals surface area contributed by atoms with E-state index in [0.717, 1.165) is 0 Å². The van der Waals surface area contributed by atoms with Crippen LogP contribution in [0.25, 0.3) is 0 Å². The zero-order valence-electron chi connectivity index (χ0n) is 18.6. The number of anilines is 2. The summed E-state index contributed by atoms with van der Waals surface area (Å²) in [6.07, 6.45) is -1.11. The fraction of sp³-hybridized carbons (Fsp3) is 0.455. The highest BCUT2D eigenvalue weighted by Gasteiger charge is 2.70.